The Kier molecular flexibility index (Phi) is 41.5. The Bertz CT molecular complexity index is 2940. The molecule has 0 radical (unpaired) electrons. The molecule has 8 heteroatoms. The number of aryl methyl sites for hydroxylation is 4. The van der Waals surface area contributed by atoms with Crippen molar-refractivity contribution in [3.63, 3.8) is 0 Å². The van der Waals surface area contributed by atoms with Gasteiger partial charge in [-0.3, -0.25) is 0 Å². The predicted molar refractivity (Wildman–Crippen MR) is 403 cm³/mol. The Morgan fingerprint density at radius 3 is 1.03 bits per heavy atom. The minimum Gasteiger partial charge on any atom is -0.0654 e. The zero-order valence-corrected chi connectivity index (χ0v) is 66.5. The van der Waals surface area contributed by atoms with Gasteiger partial charge in [0.2, 0.25) is 0 Å². The molecule has 0 spiro atoms. The molecule has 6 aromatic rings. The number of pyridine rings is 2. The molecular weight excluding hydrogens is 1460 g/mol. The van der Waals surface area contributed by atoms with Crippen molar-refractivity contribution in [1.82, 2.24) is 9.13 Å². The molecule has 0 fully saturated rings. The molecule has 0 saturated carbocycles. The predicted octanol–water partition coefficient (Wildman–Crippen LogP) is 24.4. The number of nitrogens with zero attached hydrogens (tertiary/aromatic N) is 2. The molecule has 0 aromatic carbocycles. The molecule has 502 valence electrons. The van der Waals surface area contributed by atoms with E-state index in [2.05, 4.69) is 123 Å². The van der Waals surface area contributed by atoms with E-state index in [-0.39, 0.29) is 25.6 Å². The van der Waals surface area contributed by atoms with E-state index in [1.807, 2.05) is 0 Å². The molecule has 0 aliphatic rings. The third kappa shape index (κ3) is 29.8. The Morgan fingerprint density at radius 2 is 0.678 bits per heavy atom. The van der Waals surface area contributed by atoms with Gasteiger partial charge >= 0.3 is 381 Å². The normalized spacial score (nSPS) is 12.6. The van der Waals surface area contributed by atoms with Gasteiger partial charge in [0.1, 0.15) is 0 Å². The molecule has 6 rings (SSSR count). The summed E-state index contributed by atoms with van der Waals surface area (Å²) < 4.78 is 15.6. The molecule has 6 aromatic heterocycles. The number of aromatic nitrogens is 2. The van der Waals surface area contributed by atoms with Crippen LogP contribution in [-0.2, 0) is 13.1 Å². The number of hydrogen-bond donors (Lipinski definition) is 0. The van der Waals surface area contributed by atoms with Gasteiger partial charge < -0.3 is 0 Å². The molecule has 0 amide bonds. The van der Waals surface area contributed by atoms with Crippen LogP contribution in [0.1, 0.15) is 340 Å². The Labute approximate surface area is 583 Å². The molecule has 0 bridgehead atoms. The molecular formula is C82H128N2O2Se2Te2. The minimum atomic E-state index is -0.811. The SMILES string of the molecule is CCCCCCCCCCCCC(CCCCCCCCCC)CCCCn1c(=O)c(-c2ccc(C)[te]2)cc2c1cc(-c1ccc(-c3ccc(/C=C/c4ccc(C)[se]4)[se]3)[te]1)c(=O)n2CCCCC(CCCCCCCCCC)CCCCCCCCCCCC. The fourth-order valence-corrected chi connectivity index (χ4v) is 23.8. The van der Waals surface area contributed by atoms with E-state index >= 15 is 9.59 Å². The Morgan fingerprint density at radius 1 is 0.356 bits per heavy atom. The standard InChI is InChI=1S/C82H128N2O2Se2Te2/c1-7-11-15-19-23-27-29-33-37-41-49-69(47-39-35-31-25-21-17-13-9-3)51-43-45-63-83-76-66-74(79-61-62-80(90-79)77-59-58-72(88-77)57-56-71-55-53-67(5)87-71)82(86)84(75(76)65-73(81(83)85)78-60-54-68(6)89-78)64-46-44-52-70(48-40-36-32-26-22-18-14-10-4)50-42-38-34-30-28-24-20-16-12-8-2/h53-62,65-66,69-70H,7-52,63-64H2,1-6H3/b57-56+. The summed E-state index contributed by atoms with van der Waals surface area (Å²) in [6.07, 6.45) is 67.0. The third-order valence-corrected chi connectivity index (χ3v) is 31.1. The third-order valence-electron chi connectivity index (χ3n) is 19.6. The van der Waals surface area contributed by atoms with E-state index in [4.69, 9.17) is 0 Å². The second kappa shape index (κ2) is 48.2. The number of hydrogen-bond acceptors (Lipinski definition) is 2. The fraction of sp³-hybridized carbons (Fsp3) is 0.683. The summed E-state index contributed by atoms with van der Waals surface area (Å²) in [6, 6.07) is 22.8. The average molecular weight is 1590 g/mol. The minimum absolute atomic E-state index is 0.163. The van der Waals surface area contributed by atoms with Crippen LogP contribution in [0, 0.1) is 25.7 Å². The Balaban J connectivity index is 1.24. The van der Waals surface area contributed by atoms with Crippen LogP contribution in [0.5, 0.6) is 0 Å². The molecule has 90 heavy (non-hydrogen) atoms. The average Bonchev–Trinajstić information content (AvgIpc) is 1.66. The van der Waals surface area contributed by atoms with E-state index in [1.54, 1.807) is 0 Å². The number of unbranched alkanes of at least 4 members (excludes halogenated alkanes) is 34. The molecule has 2 unspecified atom stereocenters. The van der Waals surface area contributed by atoms with E-state index in [0.29, 0.717) is 27.6 Å². The quantitative estimate of drug-likeness (QED) is 0.0282. The second-order valence-corrected chi connectivity index (χ2v) is 39.4. The summed E-state index contributed by atoms with van der Waals surface area (Å²) in [5, 5.41) is 0. The fourth-order valence-electron chi connectivity index (χ4n) is 14.0. The van der Waals surface area contributed by atoms with Gasteiger partial charge in [0, 0.05) is 0 Å². The number of rotatable bonds is 55. The van der Waals surface area contributed by atoms with Crippen LogP contribution in [0.15, 0.2) is 70.3 Å². The first-order valence-corrected chi connectivity index (χ1v) is 46.1. The summed E-state index contributed by atoms with van der Waals surface area (Å²) in [4.78, 5) is 31.0. The first-order chi connectivity index (χ1) is 44.2. The first-order valence-electron chi connectivity index (χ1n) is 38.1. The van der Waals surface area contributed by atoms with Gasteiger partial charge in [-0.05, 0) is 0 Å². The summed E-state index contributed by atoms with van der Waals surface area (Å²) in [7, 11) is 0. The van der Waals surface area contributed by atoms with Crippen LogP contribution in [0.2, 0.25) is 0 Å². The van der Waals surface area contributed by atoms with Crippen LogP contribution >= 0.6 is 0 Å². The zero-order valence-electron chi connectivity index (χ0n) is 58.4. The van der Waals surface area contributed by atoms with Gasteiger partial charge in [-0.2, -0.15) is 0 Å². The second-order valence-electron chi connectivity index (χ2n) is 27.6. The molecule has 4 nitrogen and oxygen atoms in total. The summed E-state index contributed by atoms with van der Waals surface area (Å²) in [5.41, 5.74) is 4.02. The van der Waals surface area contributed by atoms with Crippen molar-refractivity contribution in [2.45, 2.75) is 350 Å². The zero-order chi connectivity index (χ0) is 63.6. The summed E-state index contributed by atoms with van der Waals surface area (Å²) in [5.74, 6) is 1.55. The number of fused-ring (bicyclic) bond motifs is 1. The van der Waals surface area contributed by atoms with E-state index in [9.17, 15) is 0 Å². The maximum atomic E-state index is 15.6. The first kappa shape index (κ1) is 77.4. The summed E-state index contributed by atoms with van der Waals surface area (Å²) >= 11 is -0.734. The maximum absolute atomic E-state index is 15.6. The van der Waals surface area contributed by atoms with Crippen molar-refractivity contribution in [1.29, 1.82) is 0 Å². The van der Waals surface area contributed by atoms with Gasteiger partial charge in [0.05, 0.1) is 0 Å². The monoisotopic (exact) mass is 1590 g/mol. The van der Waals surface area contributed by atoms with Crippen molar-refractivity contribution in [2.75, 3.05) is 0 Å². The molecule has 0 N–H and O–H groups in total. The van der Waals surface area contributed by atoms with Crippen molar-refractivity contribution < 1.29 is 0 Å². The molecule has 0 saturated heterocycles. The molecule has 0 aliphatic carbocycles. The van der Waals surface area contributed by atoms with Crippen LogP contribution in [0.3, 0.4) is 0 Å². The van der Waals surface area contributed by atoms with Crippen molar-refractivity contribution in [3.05, 3.63) is 98.3 Å². The van der Waals surface area contributed by atoms with Gasteiger partial charge in [0.15, 0.2) is 0 Å². The van der Waals surface area contributed by atoms with E-state index in [1.165, 1.54) is 302 Å². The summed E-state index contributed by atoms with van der Waals surface area (Å²) in [6.45, 7) is 15.2. The van der Waals surface area contributed by atoms with Gasteiger partial charge in [-0.1, -0.05) is 207 Å². The molecule has 2 atom stereocenters. The van der Waals surface area contributed by atoms with E-state index < -0.39 is 40.9 Å². The molecule has 0 aliphatic heterocycles. The van der Waals surface area contributed by atoms with Gasteiger partial charge in [0.25, 0.3) is 0 Å². The Hall–Kier alpha value is -1.56. The topological polar surface area (TPSA) is 44.0 Å². The van der Waals surface area contributed by atoms with E-state index in [0.717, 1.165) is 59.7 Å². The van der Waals surface area contributed by atoms with Crippen molar-refractivity contribution in [3.8, 4) is 26.3 Å². The van der Waals surface area contributed by atoms with Gasteiger partial charge in [-0.25, -0.2) is 0 Å². The van der Waals surface area contributed by atoms with Crippen LogP contribution in [0.25, 0.3) is 49.5 Å². The van der Waals surface area contributed by atoms with Crippen molar-refractivity contribution in [2.24, 2.45) is 11.8 Å². The van der Waals surface area contributed by atoms with Crippen LogP contribution in [-0.4, -0.2) is 79.0 Å². The van der Waals surface area contributed by atoms with Crippen LogP contribution in [0.4, 0.5) is 0 Å². The molecule has 6 heterocycles. The van der Waals surface area contributed by atoms with Crippen molar-refractivity contribution >= 4 is 93.1 Å². The smallest absolute Gasteiger partial charge is 0.0654 e. The van der Waals surface area contributed by atoms with Gasteiger partial charge in [-0.15, -0.1) is 0 Å². The van der Waals surface area contributed by atoms with Crippen LogP contribution < -0.4 is 11.1 Å².